The van der Waals surface area contributed by atoms with Gasteiger partial charge in [0.2, 0.25) is 0 Å². The van der Waals surface area contributed by atoms with Crippen molar-refractivity contribution in [3.05, 3.63) is 72.6 Å². The molecule has 128 valence electrons. The van der Waals surface area contributed by atoms with Gasteiger partial charge in [0.05, 0.1) is 7.11 Å². The van der Waals surface area contributed by atoms with Crippen LogP contribution in [0.25, 0.3) is 0 Å². The summed E-state index contributed by atoms with van der Waals surface area (Å²) in [5, 5.41) is 3.35. The number of nitrogens with one attached hydrogen (secondary N) is 1. The Bertz CT molecular complexity index is 790. The smallest absolute Gasteiger partial charge is 0.138 e. The summed E-state index contributed by atoms with van der Waals surface area (Å²) in [6, 6.07) is 20.2. The highest BCUT2D eigenvalue weighted by atomic mass is 16.5. The van der Waals surface area contributed by atoms with E-state index in [1.807, 2.05) is 48.5 Å². The van der Waals surface area contributed by atoms with E-state index in [9.17, 15) is 0 Å². The number of rotatable bonds is 7. The second kappa shape index (κ2) is 8.15. The number of methoxy groups -OCH3 is 1. The average Bonchev–Trinajstić information content (AvgIpc) is 2.68. The number of anilines is 3. The Morgan fingerprint density at radius 1 is 1.00 bits per heavy atom. The fourth-order valence-corrected chi connectivity index (χ4v) is 2.61. The van der Waals surface area contributed by atoms with Crippen LogP contribution in [0.5, 0.6) is 5.75 Å². The molecular weight excluding hydrogens is 312 g/mol. The van der Waals surface area contributed by atoms with Gasteiger partial charge in [0.25, 0.3) is 0 Å². The van der Waals surface area contributed by atoms with Crippen LogP contribution in [-0.2, 0) is 6.54 Å². The second-order valence-electron chi connectivity index (χ2n) is 5.54. The molecule has 0 aliphatic carbocycles. The maximum Gasteiger partial charge on any atom is 0.138 e. The summed E-state index contributed by atoms with van der Waals surface area (Å²) in [7, 11) is 1.67. The van der Waals surface area contributed by atoms with Gasteiger partial charge in [-0.25, -0.2) is 9.97 Å². The van der Waals surface area contributed by atoms with Gasteiger partial charge in [-0.1, -0.05) is 30.3 Å². The van der Waals surface area contributed by atoms with E-state index in [-0.39, 0.29) is 0 Å². The van der Waals surface area contributed by atoms with Crippen molar-refractivity contribution < 1.29 is 4.74 Å². The van der Waals surface area contributed by atoms with Gasteiger partial charge in [-0.15, -0.1) is 0 Å². The molecule has 0 amide bonds. The fraction of sp³-hybridized carbons (Fsp3) is 0.200. The normalized spacial score (nSPS) is 10.3. The van der Waals surface area contributed by atoms with E-state index in [0.29, 0.717) is 6.54 Å². The lowest BCUT2D eigenvalue weighted by molar-refractivity contribution is 0.414. The van der Waals surface area contributed by atoms with E-state index in [1.165, 1.54) is 0 Å². The molecule has 3 aromatic rings. The topological polar surface area (TPSA) is 50.3 Å². The first-order valence-electron chi connectivity index (χ1n) is 8.31. The number of aromatic nitrogens is 2. The molecule has 0 aliphatic rings. The van der Waals surface area contributed by atoms with Gasteiger partial charge in [0, 0.05) is 24.8 Å². The lowest BCUT2D eigenvalue weighted by Gasteiger charge is -2.22. The summed E-state index contributed by atoms with van der Waals surface area (Å²) >= 11 is 0. The molecular formula is C20H22N4O. The molecule has 5 nitrogen and oxygen atoms in total. The van der Waals surface area contributed by atoms with E-state index < -0.39 is 0 Å². The molecule has 1 aromatic heterocycles. The highest BCUT2D eigenvalue weighted by molar-refractivity contribution is 5.62. The van der Waals surface area contributed by atoms with Crippen LogP contribution in [0.4, 0.5) is 17.3 Å². The monoisotopic (exact) mass is 334 g/mol. The fourth-order valence-electron chi connectivity index (χ4n) is 2.61. The SMILES string of the molecule is CCN(c1ccccc1)c1cc(NCc2ccc(OC)cc2)ncn1. The minimum absolute atomic E-state index is 0.692. The highest BCUT2D eigenvalue weighted by Gasteiger charge is 2.09. The second-order valence-corrected chi connectivity index (χ2v) is 5.54. The van der Waals surface area contributed by atoms with Crippen molar-refractivity contribution in [3.63, 3.8) is 0 Å². The van der Waals surface area contributed by atoms with E-state index >= 15 is 0 Å². The van der Waals surface area contributed by atoms with Crippen LogP contribution in [-0.4, -0.2) is 23.6 Å². The minimum atomic E-state index is 0.692. The van der Waals surface area contributed by atoms with Gasteiger partial charge >= 0.3 is 0 Å². The van der Waals surface area contributed by atoms with Gasteiger partial charge in [0.15, 0.2) is 0 Å². The van der Waals surface area contributed by atoms with Gasteiger partial charge < -0.3 is 15.0 Å². The Labute approximate surface area is 148 Å². The maximum absolute atomic E-state index is 5.18. The van der Waals surface area contributed by atoms with Gasteiger partial charge in [-0.2, -0.15) is 0 Å². The molecule has 2 aromatic carbocycles. The summed E-state index contributed by atoms with van der Waals surface area (Å²) < 4.78 is 5.18. The molecule has 0 unspecified atom stereocenters. The number of para-hydroxylation sites is 1. The summed E-state index contributed by atoms with van der Waals surface area (Å²) in [4.78, 5) is 10.9. The summed E-state index contributed by atoms with van der Waals surface area (Å²) in [5.41, 5.74) is 2.28. The highest BCUT2D eigenvalue weighted by Crippen LogP contribution is 2.24. The van der Waals surface area contributed by atoms with Crippen molar-refractivity contribution in [2.75, 3.05) is 23.9 Å². The third-order valence-corrected chi connectivity index (χ3v) is 3.95. The Kier molecular flexibility index (Phi) is 5.46. The zero-order chi connectivity index (χ0) is 17.5. The molecule has 0 radical (unpaired) electrons. The molecule has 5 heteroatoms. The molecule has 0 fully saturated rings. The van der Waals surface area contributed by atoms with Gasteiger partial charge in [-0.3, -0.25) is 0 Å². The standard InChI is InChI=1S/C20H22N4O/c1-3-24(17-7-5-4-6-8-17)20-13-19(22-15-23-20)21-14-16-9-11-18(25-2)12-10-16/h4-13,15H,3,14H2,1-2H3,(H,21,22,23). The lowest BCUT2D eigenvalue weighted by Crippen LogP contribution is -2.17. The number of ether oxygens (including phenoxy) is 1. The molecule has 0 spiro atoms. The van der Waals surface area contributed by atoms with Crippen LogP contribution in [0, 0.1) is 0 Å². The first-order valence-corrected chi connectivity index (χ1v) is 8.31. The first-order chi connectivity index (χ1) is 12.3. The van der Waals surface area contributed by atoms with E-state index in [0.717, 1.165) is 35.2 Å². The molecule has 1 N–H and O–H groups in total. The van der Waals surface area contributed by atoms with Gasteiger partial charge in [-0.05, 0) is 36.8 Å². The number of benzene rings is 2. The van der Waals surface area contributed by atoms with Crippen LogP contribution < -0.4 is 15.0 Å². The number of nitrogens with zero attached hydrogens (tertiary/aromatic N) is 3. The van der Waals surface area contributed by atoms with Crippen molar-refractivity contribution >= 4 is 17.3 Å². The van der Waals surface area contributed by atoms with E-state index in [4.69, 9.17) is 4.74 Å². The van der Waals surface area contributed by atoms with Crippen LogP contribution in [0.1, 0.15) is 12.5 Å². The lowest BCUT2D eigenvalue weighted by atomic mass is 10.2. The molecule has 3 rings (SSSR count). The number of hydrogen-bond acceptors (Lipinski definition) is 5. The molecule has 1 heterocycles. The van der Waals surface area contributed by atoms with Crippen LogP contribution in [0.3, 0.4) is 0 Å². The molecule has 0 aliphatic heterocycles. The molecule has 0 saturated heterocycles. The first kappa shape index (κ1) is 16.8. The average molecular weight is 334 g/mol. The Morgan fingerprint density at radius 2 is 1.76 bits per heavy atom. The Morgan fingerprint density at radius 3 is 2.44 bits per heavy atom. The quantitative estimate of drug-likeness (QED) is 0.700. The predicted octanol–water partition coefficient (Wildman–Crippen LogP) is 4.26. The van der Waals surface area contributed by atoms with Crippen molar-refractivity contribution in [2.45, 2.75) is 13.5 Å². The van der Waals surface area contributed by atoms with Crippen LogP contribution in [0.15, 0.2) is 67.0 Å². The maximum atomic E-state index is 5.18. The van der Waals surface area contributed by atoms with Crippen molar-refractivity contribution in [1.82, 2.24) is 9.97 Å². The third-order valence-electron chi connectivity index (χ3n) is 3.95. The molecule has 25 heavy (non-hydrogen) atoms. The van der Waals surface area contributed by atoms with Crippen molar-refractivity contribution in [2.24, 2.45) is 0 Å². The van der Waals surface area contributed by atoms with Crippen molar-refractivity contribution in [3.8, 4) is 5.75 Å². The summed E-state index contributed by atoms with van der Waals surface area (Å²) in [6.07, 6.45) is 1.59. The summed E-state index contributed by atoms with van der Waals surface area (Å²) in [6.45, 7) is 3.64. The zero-order valence-corrected chi connectivity index (χ0v) is 14.5. The van der Waals surface area contributed by atoms with E-state index in [2.05, 4.69) is 39.2 Å². The Hall–Kier alpha value is -3.08. The van der Waals surface area contributed by atoms with Crippen LogP contribution in [0.2, 0.25) is 0 Å². The van der Waals surface area contributed by atoms with E-state index in [1.54, 1.807) is 13.4 Å². The Balaban J connectivity index is 1.72. The molecule has 0 bridgehead atoms. The third kappa shape index (κ3) is 4.26. The van der Waals surface area contributed by atoms with Gasteiger partial charge in [0.1, 0.15) is 23.7 Å². The summed E-state index contributed by atoms with van der Waals surface area (Å²) in [5.74, 6) is 2.53. The zero-order valence-electron chi connectivity index (χ0n) is 14.5. The molecule has 0 saturated carbocycles. The van der Waals surface area contributed by atoms with Crippen molar-refractivity contribution in [1.29, 1.82) is 0 Å². The van der Waals surface area contributed by atoms with Crippen LogP contribution >= 0.6 is 0 Å². The predicted molar refractivity (Wildman–Crippen MR) is 101 cm³/mol. The minimum Gasteiger partial charge on any atom is -0.497 e. The molecule has 0 atom stereocenters. The largest absolute Gasteiger partial charge is 0.497 e. The number of hydrogen-bond donors (Lipinski definition) is 1.